The third-order valence-corrected chi connectivity index (χ3v) is 7.89. The average molecular weight is 480 g/mol. The number of carbonyl (C=O) groups is 1. The first-order chi connectivity index (χ1) is 17.6. The number of nitriles is 1. The van der Waals surface area contributed by atoms with Crippen LogP contribution in [0.2, 0.25) is 0 Å². The number of amides is 1. The molecular formula is C31H33N3O2. The molecule has 0 atom stereocenters. The molecule has 2 aliphatic rings. The second-order valence-corrected chi connectivity index (χ2v) is 10.1. The molecule has 5 rings (SSSR count). The van der Waals surface area contributed by atoms with Crippen LogP contribution in [-0.2, 0) is 13.2 Å². The fourth-order valence-electron chi connectivity index (χ4n) is 5.49. The van der Waals surface area contributed by atoms with Crippen molar-refractivity contribution >= 4 is 5.91 Å². The summed E-state index contributed by atoms with van der Waals surface area (Å²) in [6.07, 6.45) is 4.50. The summed E-state index contributed by atoms with van der Waals surface area (Å²) in [5, 5.41) is 8.98. The van der Waals surface area contributed by atoms with Crippen molar-refractivity contribution in [1.29, 1.82) is 5.26 Å². The molecule has 0 N–H and O–H groups in total. The Morgan fingerprint density at radius 1 is 0.833 bits per heavy atom. The van der Waals surface area contributed by atoms with Crippen LogP contribution in [0.5, 0.6) is 5.75 Å². The van der Waals surface area contributed by atoms with Crippen LogP contribution in [0, 0.1) is 16.7 Å². The van der Waals surface area contributed by atoms with Crippen LogP contribution in [0.3, 0.4) is 0 Å². The Bertz CT molecular complexity index is 1200. The highest BCUT2D eigenvalue weighted by Gasteiger charge is 2.38. The van der Waals surface area contributed by atoms with Gasteiger partial charge in [-0.05, 0) is 80.1 Å². The molecule has 0 saturated carbocycles. The molecule has 1 amide bonds. The van der Waals surface area contributed by atoms with Crippen molar-refractivity contribution in [2.45, 2.75) is 38.8 Å². The molecule has 5 nitrogen and oxygen atoms in total. The topological polar surface area (TPSA) is 56.6 Å². The second kappa shape index (κ2) is 11.0. The zero-order chi connectivity index (χ0) is 24.8. The van der Waals surface area contributed by atoms with Gasteiger partial charge < -0.3 is 9.64 Å². The summed E-state index contributed by atoms with van der Waals surface area (Å²) in [6, 6.07) is 27.8. The highest BCUT2D eigenvalue weighted by atomic mass is 16.5. The molecule has 5 heteroatoms. The monoisotopic (exact) mass is 479 g/mol. The Labute approximate surface area is 213 Å². The van der Waals surface area contributed by atoms with Crippen molar-refractivity contribution in [3.05, 3.63) is 101 Å². The smallest absolute Gasteiger partial charge is 0.253 e. The average Bonchev–Trinajstić information content (AvgIpc) is 2.94. The van der Waals surface area contributed by atoms with Gasteiger partial charge in [-0.3, -0.25) is 9.69 Å². The van der Waals surface area contributed by atoms with Gasteiger partial charge in [0.2, 0.25) is 0 Å². The fourth-order valence-corrected chi connectivity index (χ4v) is 5.49. The van der Waals surface area contributed by atoms with Crippen molar-refractivity contribution < 1.29 is 9.53 Å². The Morgan fingerprint density at radius 2 is 1.47 bits per heavy atom. The van der Waals surface area contributed by atoms with Gasteiger partial charge in [-0.1, -0.05) is 48.5 Å². The van der Waals surface area contributed by atoms with Crippen LogP contribution in [0.1, 0.15) is 52.7 Å². The quantitative estimate of drug-likeness (QED) is 0.458. The summed E-state index contributed by atoms with van der Waals surface area (Å²) in [6.45, 7) is 5.28. The van der Waals surface area contributed by atoms with Gasteiger partial charge in [0.15, 0.2) is 0 Å². The van der Waals surface area contributed by atoms with Crippen LogP contribution < -0.4 is 4.74 Å². The van der Waals surface area contributed by atoms with Crippen molar-refractivity contribution in [2.75, 3.05) is 26.2 Å². The number of likely N-dealkylation sites (tertiary alicyclic amines) is 2. The zero-order valence-electron chi connectivity index (χ0n) is 20.7. The van der Waals surface area contributed by atoms with Crippen LogP contribution in [0.25, 0.3) is 0 Å². The first kappa shape index (κ1) is 24.1. The minimum atomic E-state index is 0.0823. The SMILES string of the molecule is N#Cc1ccc(C(=O)N2CCC3(CCN(Cc4ccccc4OCc4ccccc4)CC3)CC2)cc1. The standard InChI is InChI=1S/C31H33N3O2/c32-22-25-10-12-27(13-11-25)30(35)34-20-16-31(17-21-34)14-18-33(19-15-31)23-28-8-4-5-9-29(28)36-24-26-6-2-1-3-7-26/h1-13H,14-21,23-24H2. The fraction of sp³-hybridized carbons (Fsp3) is 0.355. The van der Waals surface area contributed by atoms with Gasteiger partial charge in [-0.25, -0.2) is 0 Å². The Morgan fingerprint density at radius 3 is 2.17 bits per heavy atom. The van der Waals surface area contributed by atoms with Crippen LogP contribution in [0.4, 0.5) is 0 Å². The third-order valence-electron chi connectivity index (χ3n) is 7.89. The van der Waals surface area contributed by atoms with E-state index < -0.39 is 0 Å². The molecule has 2 saturated heterocycles. The maximum absolute atomic E-state index is 12.9. The molecule has 2 fully saturated rings. The second-order valence-electron chi connectivity index (χ2n) is 10.1. The number of hydrogen-bond acceptors (Lipinski definition) is 4. The lowest BCUT2D eigenvalue weighted by molar-refractivity contribution is 0.0283. The number of benzene rings is 3. The number of ether oxygens (including phenoxy) is 1. The Kier molecular flexibility index (Phi) is 7.34. The van der Waals surface area contributed by atoms with E-state index in [1.165, 1.54) is 24.0 Å². The molecule has 0 aromatic heterocycles. The van der Waals surface area contributed by atoms with E-state index in [2.05, 4.69) is 41.3 Å². The van der Waals surface area contributed by atoms with Gasteiger partial charge >= 0.3 is 0 Å². The molecule has 0 unspecified atom stereocenters. The maximum Gasteiger partial charge on any atom is 0.253 e. The van der Waals surface area contributed by atoms with E-state index in [9.17, 15) is 4.79 Å². The lowest BCUT2D eigenvalue weighted by atomic mass is 9.71. The van der Waals surface area contributed by atoms with E-state index in [0.717, 1.165) is 51.3 Å². The molecule has 36 heavy (non-hydrogen) atoms. The molecule has 1 spiro atoms. The lowest BCUT2D eigenvalue weighted by Crippen LogP contribution is -2.48. The van der Waals surface area contributed by atoms with Crippen LogP contribution in [0.15, 0.2) is 78.9 Å². The van der Waals surface area contributed by atoms with Crippen molar-refractivity contribution in [1.82, 2.24) is 9.80 Å². The predicted molar refractivity (Wildman–Crippen MR) is 140 cm³/mol. The van der Waals surface area contributed by atoms with E-state index in [1.54, 1.807) is 24.3 Å². The number of carbonyl (C=O) groups excluding carboxylic acids is 1. The van der Waals surface area contributed by atoms with Crippen LogP contribution in [-0.4, -0.2) is 41.9 Å². The minimum absolute atomic E-state index is 0.0823. The molecule has 0 radical (unpaired) electrons. The van der Waals surface area contributed by atoms with E-state index in [0.29, 0.717) is 23.1 Å². The Balaban J connectivity index is 1.12. The normalized spacial score (nSPS) is 17.5. The lowest BCUT2D eigenvalue weighted by Gasteiger charge is -2.47. The highest BCUT2D eigenvalue weighted by Crippen LogP contribution is 2.42. The number of para-hydroxylation sites is 1. The Hall–Kier alpha value is -3.62. The molecular weight excluding hydrogens is 446 g/mol. The number of rotatable bonds is 6. The molecule has 3 aromatic carbocycles. The summed E-state index contributed by atoms with van der Waals surface area (Å²) >= 11 is 0. The summed E-state index contributed by atoms with van der Waals surface area (Å²) in [5.74, 6) is 1.05. The zero-order valence-corrected chi connectivity index (χ0v) is 20.7. The van der Waals surface area contributed by atoms with Crippen LogP contribution >= 0.6 is 0 Å². The summed E-state index contributed by atoms with van der Waals surface area (Å²) in [4.78, 5) is 17.5. The van der Waals surface area contributed by atoms with Crippen molar-refractivity contribution in [3.63, 3.8) is 0 Å². The van der Waals surface area contributed by atoms with E-state index in [4.69, 9.17) is 10.00 Å². The minimum Gasteiger partial charge on any atom is -0.489 e. The van der Waals surface area contributed by atoms with Gasteiger partial charge in [0.25, 0.3) is 5.91 Å². The molecule has 0 aliphatic carbocycles. The summed E-state index contributed by atoms with van der Waals surface area (Å²) < 4.78 is 6.18. The molecule has 184 valence electrons. The molecule has 3 aromatic rings. The van der Waals surface area contributed by atoms with Crippen molar-refractivity contribution in [2.24, 2.45) is 5.41 Å². The first-order valence-corrected chi connectivity index (χ1v) is 12.9. The molecule has 0 bridgehead atoms. The predicted octanol–water partition coefficient (Wildman–Crippen LogP) is 5.66. The van der Waals surface area contributed by atoms with Gasteiger partial charge in [0.1, 0.15) is 12.4 Å². The highest BCUT2D eigenvalue weighted by molar-refractivity contribution is 5.94. The number of piperidine rings is 2. The summed E-state index contributed by atoms with van der Waals surface area (Å²) in [5.41, 5.74) is 4.03. The first-order valence-electron chi connectivity index (χ1n) is 12.9. The van der Waals surface area contributed by atoms with Crippen molar-refractivity contribution in [3.8, 4) is 11.8 Å². The summed E-state index contributed by atoms with van der Waals surface area (Å²) in [7, 11) is 0. The van der Waals surface area contributed by atoms with E-state index in [1.807, 2.05) is 29.2 Å². The van der Waals surface area contributed by atoms with Gasteiger partial charge in [-0.15, -0.1) is 0 Å². The maximum atomic E-state index is 12.9. The molecule has 2 heterocycles. The molecule has 2 aliphatic heterocycles. The van der Waals surface area contributed by atoms with Gasteiger partial charge in [0.05, 0.1) is 11.6 Å². The number of hydrogen-bond donors (Lipinski definition) is 0. The van der Waals surface area contributed by atoms with E-state index >= 15 is 0 Å². The van der Waals surface area contributed by atoms with E-state index in [-0.39, 0.29) is 5.91 Å². The third kappa shape index (κ3) is 5.61. The van der Waals surface area contributed by atoms with Gasteiger partial charge in [-0.2, -0.15) is 5.26 Å². The largest absolute Gasteiger partial charge is 0.489 e. The van der Waals surface area contributed by atoms with Gasteiger partial charge in [0, 0.05) is 30.8 Å². The number of nitrogens with zero attached hydrogens (tertiary/aromatic N) is 3.